The summed E-state index contributed by atoms with van der Waals surface area (Å²) in [6, 6.07) is 3.12. The van der Waals surface area contributed by atoms with Gasteiger partial charge in [0.2, 0.25) is 5.91 Å². The Hall–Kier alpha value is -1.49. The smallest absolute Gasteiger partial charge is 0.234 e. The molecule has 0 bridgehead atoms. The number of benzene rings is 1. The van der Waals surface area contributed by atoms with Gasteiger partial charge in [-0.25, -0.2) is 8.78 Å². The van der Waals surface area contributed by atoms with Crippen molar-refractivity contribution in [2.45, 2.75) is 32.9 Å². The van der Waals surface area contributed by atoms with Crippen molar-refractivity contribution < 1.29 is 13.6 Å². The number of amides is 1. The topological polar surface area (TPSA) is 41.1 Å². The van der Waals surface area contributed by atoms with Crippen molar-refractivity contribution in [1.82, 2.24) is 10.6 Å². The van der Waals surface area contributed by atoms with Gasteiger partial charge in [-0.15, -0.1) is 0 Å². The zero-order valence-electron chi connectivity index (χ0n) is 10.8. The minimum atomic E-state index is -0.701. The van der Waals surface area contributed by atoms with Gasteiger partial charge in [0, 0.05) is 11.6 Å². The molecule has 0 heterocycles. The van der Waals surface area contributed by atoms with E-state index < -0.39 is 17.7 Å². The zero-order valence-corrected chi connectivity index (χ0v) is 10.8. The number of hydrogen-bond donors (Lipinski definition) is 2. The van der Waals surface area contributed by atoms with Crippen molar-refractivity contribution in [1.29, 1.82) is 0 Å². The summed E-state index contributed by atoms with van der Waals surface area (Å²) >= 11 is 0. The monoisotopic (exact) mass is 256 g/mol. The van der Waals surface area contributed by atoms with Crippen molar-refractivity contribution in [2.24, 2.45) is 0 Å². The Balaban J connectivity index is 2.65. The second-order valence-corrected chi connectivity index (χ2v) is 4.46. The van der Waals surface area contributed by atoms with Crippen molar-refractivity contribution in [3.63, 3.8) is 0 Å². The molecule has 18 heavy (non-hydrogen) atoms. The van der Waals surface area contributed by atoms with Gasteiger partial charge in [0.05, 0.1) is 12.6 Å². The van der Waals surface area contributed by atoms with Crippen LogP contribution in [0.5, 0.6) is 0 Å². The maximum absolute atomic E-state index is 13.5. The maximum Gasteiger partial charge on any atom is 0.234 e. The molecule has 0 aliphatic heterocycles. The molecule has 0 fully saturated rings. The van der Waals surface area contributed by atoms with Crippen LogP contribution in [0.15, 0.2) is 18.2 Å². The van der Waals surface area contributed by atoms with Gasteiger partial charge in [-0.2, -0.15) is 0 Å². The van der Waals surface area contributed by atoms with Gasteiger partial charge in [0.25, 0.3) is 0 Å². The van der Waals surface area contributed by atoms with Crippen molar-refractivity contribution in [2.75, 3.05) is 6.54 Å². The van der Waals surface area contributed by atoms with Gasteiger partial charge in [-0.05, 0) is 19.1 Å². The lowest BCUT2D eigenvalue weighted by atomic mass is 10.1. The molecule has 100 valence electrons. The number of carbonyl (C=O) groups excluding carboxylic acids is 1. The highest BCUT2D eigenvalue weighted by Crippen LogP contribution is 2.19. The Kier molecular flexibility index (Phi) is 5.22. The highest BCUT2D eigenvalue weighted by molar-refractivity contribution is 5.78. The minimum Gasteiger partial charge on any atom is -0.348 e. The van der Waals surface area contributed by atoms with Crippen LogP contribution in [-0.4, -0.2) is 18.5 Å². The second kappa shape index (κ2) is 6.44. The zero-order chi connectivity index (χ0) is 13.7. The summed E-state index contributed by atoms with van der Waals surface area (Å²) in [7, 11) is 0. The fraction of sp³-hybridized carbons (Fsp3) is 0.462. The molecule has 2 N–H and O–H groups in total. The van der Waals surface area contributed by atoms with Crippen LogP contribution in [0.25, 0.3) is 0 Å². The van der Waals surface area contributed by atoms with E-state index in [-0.39, 0.29) is 24.1 Å². The van der Waals surface area contributed by atoms with E-state index in [1.807, 2.05) is 13.8 Å². The van der Waals surface area contributed by atoms with Crippen LogP contribution in [0.1, 0.15) is 32.4 Å². The summed E-state index contributed by atoms with van der Waals surface area (Å²) in [5, 5.41) is 5.48. The van der Waals surface area contributed by atoms with Crippen LogP contribution in [-0.2, 0) is 4.79 Å². The Morgan fingerprint density at radius 1 is 1.22 bits per heavy atom. The molecule has 3 nitrogen and oxygen atoms in total. The third kappa shape index (κ3) is 4.07. The first-order valence-corrected chi connectivity index (χ1v) is 5.88. The van der Waals surface area contributed by atoms with Gasteiger partial charge < -0.3 is 10.6 Å². The van der Waals surface area contributed by atoms with Crippen molar-refractivity contribution >= 4 is 5.91 Å². The molecule has 1 aromatic carbocycles. The normalized spacial score (nSPS) is 12.6. The van der Waals surface area contributed by atoms with Crippen molar-refractivity contribution in [3.05, 3.63) is 35.4 Å². The Bertz CT molecular complexity index is 401. The van der Waals surface area contributed by atoms with E-state index in [0.29, 0.717) is 0 Å². The summed E-state index contributed by atoms with van der Waals surface area (Å²) < 4.78 is 26.9. The van der Waals surface area contributed by atoms with Gasteiger partial charge >= 0.3 is 0 Å². The third-order valence-electron chi connectivity index (χ3n) is 2.48. The molecule has 0 radical (unpaired) electrons. The molecule has 1 amide bonds. The van der Waals surface area contributed by atoms with E-state index in [0.717, 1.165) is 0 Å². The van der Waals surface area contributed by atoms with Crippen LogP contribution >= 0.6 is 0 Å². The standard InChI is InChI=1S/C13H18F2N2O/c1-8(2)16-7-12(18)17-9(3)13-10(14)5-4-6-11(13)15/h4-6,8-9,16H,7H2,1-3H3,(H,17,18). The Morgan fingerprint density at radius 3 is 2.28 bits per heavy atom. The molecule has 0 spiro atoms. The first-order valence-electron chi connectivity index (χ1n) is 5.88. The van der Waals surface area contributed by atoms with Gasteiger partial charge in [-0.3, -0.25) is 4.79 Å². The van der Waals surface area contributed by atoms with Crippen LogP contribution < -0.4 is 10.6 Å². The molecular formula is C13H18F2N2O. The molecular weight excluding hydrogens is 238 g/mol. The fourth-order valence-corrected chi connectivity index (χ4v) is 1.59. The van der Waals surface area contributed by atoms with E-state index >= 15 is 0 Å². The number of halogens is 2. The van der Waals surface area contributed by atoms with Crippen LogP contribution in [0.2, 0.25) is 0 Å². The first-order chi connectivity index (χ1) is 8.41. The molecule has 0 aromatic heterocycles. The number of nitrogens with one attached hydrogen (secondary N) is 2. The molecule has 0 aliphatic carbocycles. The Morgan fingerprint density at radius 2 is 1.78 bits per heavy atom. The summed E-state index contributed by atoms with van der Waals surface area (Å²) in [6.45, 7) is 5.49. The lowest BCUT2D eigenvalue weighted by Gasteiger charge is -2.16. The molecule has 0 saturated heterocycles. The van der Waals surface area contributed by atoms with Crippen LogP contribution in [0.4, 0.5) is 8.78 Å². The fourth-order valence-electron chi connectivity index (χ4n) is 1.59. The van der Waals surface area contributed by atoms with E-state index in [9.17, 15) is 13.6 Å². The van der Waals surface area contributed by atoms with Gasteiger partial charge in [-0.1, -0.05) is 19.9 Å². The summed E-state index contributed by atoms with van der Waals surface area (Å²) in [6.07, 6.45) is 0. The van der Waals surface area contributed by atoms with Gasteiger partial charge in [0.1, 0.15) is 11.6 Å². The predicted molar refractivity (Wildman–Crippen MR) is 66.1 cm³/mol. The minimum absolute atomic E-state index is 0.115. The van der Waals surface area contributed by atoms with Gasteiger partial charge in [0.15, 0.2) is 0 Å². The molecule has 0 aliphatic rings. The van der Waals surface area contributed by atoms with Crippen LogP contribution in [0, 0.1) is 11.6 Å². The second-order valence-electron chi connectivity index (χ2n) is 4.46. The van der Waals surface area contributed by atoms with E-state index in [1.165, 1.54) is 18.2 Å². The maximum atomic E-state index is 13.5. The quantitative estimate of drug-likeness (QED) is 0.847. The lowest BCUT2D eigenvalue weighted by molar-refractivity contribution is -0.121. The van der Waals surface area contributed by atoms with E-state index in [4.69, 9.17) is 0 Å². The van der Waals surface area contributed by atoms with Crippen LogP contribution in [0.3, 0.4) is 0 Å². The number of carbonyl (C=O) groups is 1. The van der Waals surface area contributed by atoms with E-state index in [2.05, 4.69) is 10.6 Å². The van der Waals surface area contributed by atoms with Crippen molar-refractivity contribution in [3.8, 4) is 0 Å². The molecule has 1 unspecified atom stereocenters. The predicted octanol–water partition coefficient (Wildman–Crippen LogP) is 2.14. The largest absolute Gasteiger partial charge is 0.348 e. The average molecular weight is 256 g/mol. The molecule has 5 heteroatoms. The lowest BCUT2D eigenvalue weighted by Crippen LogP contribution is -2.38. The number of hydrogen-bond acceptors (Lipinski definition) is 2. The Labute approximate surface area is 106 Å². The molecule has 1 rings (SSSR count). The molecule has 0 saturated carbocycles. The summed E-state index contributed by atoms with van der Waals surface area (Å²) in [5.74, 6) is -1.60. The van der Waals surface area contributed by atoms with E-state index in [1.54, 1.807) is 6.92 Å². The summed E-state index contributed by atoms with van der Waals surface area (Å²) in [4.78, 5) is 11.5. The highest BCUT2D eigenvalue weighted by atomic mass is 19.1. The third-order valence-corrected chi connectivity index (χ3v) is 2.48. The number of rotatable bonds is 5. The highest BCUT2D eigenvalue weighted by Gasteiger charge is 2.17. The molecule has 1 aromatic rings. The molecule has 1 atom stereocenters. The summed E-state index contributed by atoms with van der Waals surface area (Å²) in [5.41, 5.74) is -0.115. The average Bonchev–Trinajstić information content (AvgIpc) is 2.26. The first kappa shape index (κ1) is 14.6. The SMILES string of the molecule is CC(C)NCC(=O)NC(C)c1c(F)cccc1F.